The van der Waals surface area contributed by atoms with Crippen molar-refractivity contribution in [2.45, 2.75) is 137 Å². The number of methoxy groups -OCH3 is 1. The number of carbonyl (C=O) groups excluding carboxylic acids is 3. The second-order valence-corrected chi connectivity index (χ2v) is 17.6. The van der Waals surface area contributed by atoms with Crippen LogP contribution in [-0.2, 0) is 23.8 Å². The highest BCUT2D eigenvalue weighted by Gasteiger charge is 2.50. The number of carbonyl (C=O) groups is 3. The highest BCUT2D eigenvalue weighted by Crippen LogP contribution is 2.55. The summed E-state index contributed by atoms with van der Waals surface area (Å²) in [5.41, 5.74) is -0.263. The fourth-order valence-electron chi connectivity index (χ4n) is 8.89. The molecule has 0 radical (unpaired) electrons. The third-order valence-corrected chi connectivity index (χ3v) is 13.0. The zero-order valence-corrected chi connectivity index (χ0v) is 38.1. The number of aromatic hydroxyl groups is 3. The van der Waals surface area contributed by atoms with E-state index < -0.39 is 88.8 Å². The van der Waals surface area contributed by atoms with Gasteiger partial charge in [0, 0.05) is 74.2 Å². The van der Waals surface area contributed by atoms with Gasteiger partial charge in [-0.15, -0.1) is 0 Å². The highest BCUT2D eigenvalue weighted by molar-refractivity contribution is 6.23. The number of ketones is 1. The van der Waals surface area contributed by atoms with Gasteiger partial charge in [0.15, 0.2) is 5.75 Å². The van der Waals surface area contributed by atoms with Crippen molar-refractivity contribution in [3.63, 3.8) is 0 Å². The summed E-state index contributed by atoms with van der Waals surface area (Å²) >= 11 is 0. The van der Waals surface area contributed by atoms with Crippen molar-refractivity contribution in [1.82, 2.24) is 5.01 Å². The molecule has 0 spiro atoms. The lowest BCUT2D eigenvalue weighted by Crippen LogP contribution is -2.46. The van der Waals surface area contributed by atoms with Gasteiger partial charge in [-0.3, -0.25) is 19.4 Å². The highest BCUT2D eigenvalue weighted by atomic mass is 16.7. The van der Waals surface area contributed by atoms with Crippen molar-refractivity contribution in [3.8, 4) is 23.0 Å². The van der Waals surface area contributed by atoms with Gasteiger partial charge in [-0.1, -0.05) is 84.4 Å². The number of phenolic OH excluding ortho intramolecular Hbond substituents is 3. The second-order valence-electron chi connectivity index (χ2n) is 17.6. The van der Waals surface area contributed by atoms with E-state index in [4.69, 9.17) is 24.0 Å². The number of aliphatic hydroxyl groups excluding tert-OH is 2. The zero-order chi connectivity index (χ0) is 46.3. The van der Waals surface area contributed by atoms with Crippen LogP contribution in [-0.4, -0.2) is 105 Å². The summed E-state index contributed by atoms with van der Waals surface area (Å²) in [6, 6.07) is 0. The molecule has 15 heteroatoms. The van der Waals surface area contributed by atoms with Crippen molar-refractivity contribution in [2.75, 3.05) is 25.5 Å². The molecule has 63 heavy (non-hydrogen) atoms. The van der Waals surface area contributed by atoms with Crippen molar-refractivity contribution < 1.29 is 58.9 Å². The third-order valence-electron chi connectivity index (χ3n) is 13.0. The van der Waals surface area contributed by atoms with Crippen LogP contribution < -0.4 is 10.1 Å². The number of hydrazone groups is 1. The number of aliphatic hydroxyl groups is 2. The van der Waals surface area contributed by atoms with Gasteiger partial charge in [-0.05, 0) is 32.8 Å². The molecule has 4 heterocycles. The predicted molar refractivity (Wildman–Crippen MR) is 240 cm³/mol. The maximum Gasteiger partial charge on any atom is 0.312 e. The van der Waals surface area contributed by atoms with Crippen LogP contribution >= 0.6 is 0 Å². The largest absolute Gasteiger partial charge is 0.507 e. The molecular weight excluding hydrogens is 811 g/mol. The van der Waals surface area contributed by atoms with Crippen LogP contribution in [0.15, 0.2) is 41.2 Å². The Balaban J connectivity index is 1.70. The van der Waals surface area contributed by atoms with E-state index in [0.29, 0.717) is 13.1 Å². The van der Waals surface area contributed by atoms with Crippen LogP contribution in [0.2, 0.25) is 0 Å². The van der Waals surface area contributed by atoms with Crippen LogP contribution in [0.3, 0.4) is 0 Å². The maximum absolute atomic E-state index is 14.6. The van der Waals surface area contributed by atoms with Gasteiger partial charge >= 0.3 is 11.8 Å². The van der Waals surface area contributed by atoms with Crippen molar-refractivity contribution in [3.05, 3.63) is 52.8 Å². The molecule has 346 valence electrons. The molecule has 2 aromatic carbocycles. The smallest absolute Gasteiger partial charge is 0.312 e. The number of allylic oxidation sites excluding steroid dienone is 2. The molecular formula is C48H67N3O12. The Labute approximate surface area is 370 Å². The molecule has 1 saturated heterocycles. The van der Waals surface area contributed by atoms with Crippen molar-refractivity contribution in [1.29, 1.82) is 0 Å². The number of phenols is 3. The Kier molecular flexibility index (Phi) is 16.3. The number of fused-ring (bicyclic) bond motifs is 14. The fraction of sp³-hybridized carbons (Fsp3) is 0.583. The minimum Gasteiger partial charge on any atom is -0.507 e. The number of ether oxygens (including phenoxy) is 4. The van der Waals surface area contributed by atoms with E-state index in [1.165, 1.54) is 65.4 Å². The number of hydrogen-bond donors (Lipinski definition) is 6. The topological polar surface area (TPSA) is 217 Å². The number of hydrogen-bond acceptors (Lipinski definition) is 14. The van der Waals surface area contributed by atoms with Crippen LogP contribution in [0.5, 0.6) is 23.0 Å². The van der Waals surface area contributed by atoms with Gasteiger partial charge in [0.2, 0.25) is 0 Å². The van der Waals surface area contributed by atoms with Gasteiger partial charge in [0.25, 0.3) is 11.7 Å². The molecule has 9 atom stereocenters. The van der Waals surface area contributed by atoms with E-state index in [2.05, 4.69) is 5.32 Å². The van der Waals surface area contributed by atoms with E-state index in [1.54, 1.807) is 46.8 Å². The predicted octanol–water partition coefficient (Wildman–Crippen LogP) is 7.52. The minimum absolute atomic E-state index is 0.0662. The number of nitrogens with one attached hydrogen (secondary N) is 1. The van der Waals surface area contributed by atoms with Crippen molar-refractivity contribution >= 4 is 40.3 Å². The van der Waals surface area contributed by atoms with Crippen LogP contribution in [0.1, 0.15) is 121 Å². The SMILES string of the molecule is CO[C@H]1/C=C/O[C@@]2(C)Oc3c(C)c(O)c4c(O)c(c(/C=N/N5CCCCCCCCCC5)c(O)c4c3C2=O)NC(=O)/C(C)=C/C=C/[C@H](C)[C@H](O)[C@@H](C)[C@@H](O)[C@@H](C)[C@H](OC(C)=O)[C@@H]1C. The molecule has 0 aliphatic carbocycles. The average molecular weight is 878 g/mol. The first-order chi connectivity index (χ1) is 29.8. The minimum atomic E-state index is -2.04. The molecule has 2 aromatic rings. The van der Waals surface area contributed by atoms with Gasteiger partial charge in [0.1, 0.15) is 23.4 Å². The standard InChI is InChI=1S/C48H67N3O12/c1-26-19-18-20-27(2)47(59)50-38-33(25-49-51-22-16-14-12-10-11-13-15-17-23-51)42(56)35-36(43(38)57)41(55)31(6)45-37(35)46(58)48(8,63-45)61-24-21-34(60-9)28(3)44(62-32(7)52)30(5)40(54)29(4)39(26)53/h18-21,24-26,28-30,34,39-40,44,53-57H,10-17,22-23H2,1-9H3,(H,50,59)/b19-18+,24-21+,27-20+,49-25+/t26-,28+,29+,30+,34-,39-,40+,44+,48-/m0/s1. The number of nitrogens with zero attached hydrogens (tertiary/aromatic N) is 2. The van der Waals surface area contributed by atoms with Gasteiger partial charge < -0.3 is 49.8 Å². The lowest BCUT2D eigenvalue weighted by molar-refractivity contribution is -0.160. The second kappa shape index (κ2) is 21.0. The van der Waals surface area contributed by atoms with Crippen LogP contribution in [0, 0.1) is 30.6 Å². The monoisotopic (exact) mass is 877 g/mol. The fourth-order valence-corrected chi connectivity index (χ4v) is 8.89. The van der Waals surface area contributed by atoms with Crippen LogP contribution in [0.4, 0.5) is 5.69 Å². The van der Waals surface area contributed by atoms with E-state index >= 15 is 0 Å². The Bertz CT molecular complexity index is 2120. The molecule has 4 aliphatic heterocycles. The summed E-state index contributed by atoms with van der Waals surface area (Å²) in [6.07, 6.45) is 13.5. The van der Waals surface area contributed by atoms with E-state index in [1.807, 2.05) is 5.01 Å². The van der Waals surface area contributed by atoms with Crippen molar-refractivity contribution in [2.24, 2.45) is 28.8 Å². The molecule has 6 rings (SSSR count). The maximum atomic E-state index is 14.6. The lowest BCUT2D eigenvalue weighted by atomic mass is 9.78. The average Bonchev–Trinajstić information content (AvgIpc) is 3.48. The zero-order valence-electron chi connectivity index (χ0n) is 38.1. The Morgan fingerprint density at radius 2 is 1.49 bits per heavy atom. The Morgan fingerprint density at radius 3 is 2.10 bits per heavy atom. The number of Topliss-reactive ketones (excluding diaryl/α,β-unsaturated/α-hetero) is 1. The first kappa shape index (κ1) is 48.9. The quantitative estimate of drug-likeness (QED) is 0.0759. The normalized spacial score (nSPS) is 31.4. The summed E-state index contributed by atoms with van der Waals surface area (Å²) in [6.45, 7) is 13.9. The number of anilines is 1. The van der Waals surface area contributed by atoms with Crippen LogP contribution in [0.25, 0.3) is 10.8 Å². The third kappa shape index (κ3) is 10.6. The Hall–Kier alpha value is -5.12. The molecule has 5 bridgehead atoms. The Morgan fingerprint density at radius 1 is 0.873 bits per heavy atom. The molecule has 0 aromatic heterocycles. The summed E-state index contributed by atoms with van der Waals surface area (Å²) < 4.78 is 23.7. The number of esters is 1. The molecule has 4 aliphatic rings. The lowest BCUT2D eigenvalue weighted by Gasteiger charge is -2.38. The molecule has 1 fully saturated rings. The van der Waals surface area contributed by atoms with Gasteiger partial charge in [-0.2, -0.15) is 5.10 Å². The first-order valence-electron chi connectivity index (χ1n) is 22.2. The summed E-state index contributed by atoms with van der Waals surface area (Å²) in [5.74, 6) is -8.24. The van der Waals surface area contributed by atoms with Gasteiger partial charge in [-0.25, -0.2) is 0 Å². The first-order valence-corrected chi connectivity index (χ1v) is 22.2. The number of rotatable bonds is 4. The summed E-state index contributed by atoms with van der Waals surface area (Å²) in [4.78, 5) is 40.8. The molecule has 15 nitrogen and oxygen atoms in total. The van der Waals surface area contributed by atoms with E-state index in [9.17, 15) is 39.9 Å². The van der Waals surface area contributed by atoms with Gasteiger partial charge in [0.05, 0.1) is 53.0 Å². The molecule has 1 amide bonds. The summed E-state index contributed by atoms with van der Waals surface area (Å²) in [7, 11) is 1.45. The number of benzene rings is 2. The number of amides is 1. The molecule has 0 unspecified atom stereocenters. The molecule has 0 saturated carbocycles. The van der Waals surface area contributed by atoms with E-state index in [-0.39, 0.29) is 44.5 Å². The summed E-state index contributed by atoms with van der Waals surface area (Å²) in [5, 5.41) is 67.8. The molecule has 6 N–H and O–H groups in total. The van der Waals surface area contributed by atoms with E-state index in [0.717, 1.165) is 38.5 Å².